The molecule has 0 atom stereocenters. The first-order chi connectivity index (χ1) is 9.79. The lowest BCUT2D eigenvalue weighted by Crippen LogP contribution is -1.94. The Bertz CT molecular complexity index is 661. The monoisotopic (exact) mass is 288 g/mol. The summed E-state index contributed by atoms with van der Waals surface area (Å²) in [5.41, 5.74) is 2.16. The molecule has 2 heterocycles. The van der Waals surface area contributed by atoms with Crippen LogP contribution in [0.3, 0.4) is 0 Å². The van der Waals surface area contributed by atoms with Gasteiger partial charge in [-0.1, -0.05) is 28.9 Å². The van der Waals surface area contributed by atoms with Crippen LogP contribution in [0.5, 0.6) is 0 Å². The average molecular weight is 289 g/mol. The number of hydrogen-bond acceptors (Lipinski definition) is 4. The van der Waals surface area contributed by atoms with Crippen molar-refractivity contribution in [1.29, 1.82) is 0 Å². The highest BCUT2D eigenvalue weighted by molar-refractivity contribution is 6.30. The van der Waals surface area contributed by atoms with Crippen LogP contribution in [-0.4, -0.2) is 20.1 Å². The Balaban J connectivity index is 1.60. The molecule has 102 valence electrons. The van der Waals surface area contributed by atoms with Crippen LogP contribution >= 0.6 is 11.6 Å². The third-order valence-electron chi connectivity index (χ3n) is 2.95. The molecule has 0 aliphatic rings. The van der Waals surface area contributed by atoms with Crippen molar-refractivity contribution in [3.05, 3.63) is 64.8 Å². The molecule has 0 amide bonds. The van der Waals surface area contributed by atoms with Crippen LogP contribution in [0.4, 0.5) is 0 Å². The minimum Gasteiger partial charge on any atom is -0.348 e. The number of aromatic amines is 1. The van der Waals surface area contributed by atoms with Crippen LogP contribution in [0, 0.1) is 0 Å². The van der Waals surface area contributed by atoms with Gasteiger partial charge in [-0.3, -0.25) is 0 Å². The zero-order chi connectivity index (χ0) is 13.8. The Kier molecular flexibility index (Phi) is 3.78. The molecule has 0 aliphatic heterocycles. The van der Waals surface area contributed by atoms with Crippen LogP contribution < -0.4 is 0 Å². The maximum atomic E-state index is 5.85. The van der Waals surface area contributed by atoms with Crippen molar-refractivity contribution in [2.45, 2.75) is 19.3 Å². The number of aryl methyl sites for hydroxylation is 2. The molecule has 2 aromatic heterocycles. The number of benzene rings is 1. The fraction of sp³-hybridized carbons (Fsp3) is 0.214. The zero-order valence-corrected chi connectivity index (χ0v) is 11.5. The van der Waals surface area contributed by atoms with Gasteiger partial charge in [-0.15, -0.1) is 0 Å². The predicted molar refractivity (Wildman–Crippen MR) is 74.6 cm³/mol. The van der Waals surface area contributed by atoms with E-state index in [2.05, 4.69) is 20.1 Å². The number of hydrogen-bond donors (Lipinski definition) is 1. The summed E-state index contributed by atoms with van der Waals surface area (Å²) in [5, 5.41) is 4.70. The Hall–Kier alpha value is -2.14. The highest BCUT2D eigenvalue weighted by Gasteiger charge is 2.08. The maximum Gasteiger partial charge on any atom is 0.231 e. The van der Waals surface area contributed by atoms with Gasteiger partial charge in [0.25, 0.3) is 0 Å². The highest BCUT2D eigenvalue weighted by atomic mass is 35.5. The Morgan fingerprint density at radius 2 is 2.00 bits per heavy atom. The summed E-state index contributed by atoms with van der Waals surface area (Å²) >= 11 is 5.85. The Morgan fingerprint density at radius 1 is 1.15 bits per heavy atom. The lowest BCUT2D eigenvalue weighted by atomic mass is 10.1. The lowest BCUT2D eigenvalue weighted by molar-refractivity contribution is 0.379. The van der Waals surface area contributed by atoms with Crippen LogP contribution in [0.1, 0.15) is 23.0 Å². The van der Waals surface area contributed by atoms with Gasteiger partial charge in [0.05, 0.1) is 12.7 Å². The zero-order valence-electron chi connectivity index (χ0n) is 10.7. The lowest BCUT2D eigenvalue weighted by Gasteiger charge is -1.96. The SMILES string of the molecule is Clc1ccc(Cc2nc(CCc3cnc[nH]3)no2)cc1. The second-order valence-corrected chi connectivity index (χ2v) is 4.92. The first-order valence-corrected chi connectivity index (χ1v) is 6.70. The fourth-order valence-electron chi connectivity index (χ4n) is 1.91. The summed E-state index contributed by atoms with van der Waals surface area (Å²) in [6, 6.07) is 7.62. The van der Waals surface area contributed by atoms with Gasteiger partial charge in [-0.2, -0.15) is 4.98 Å². The van der Waals surface area contributed by atoms with E-state index in [-0.39, 0.29) is 0 Å². The summed E-state index contributed by atoms with van der Waals surface area (Å²) < 4.78 is 5.25. The molecule has 0 spiro atoms. The normalized spacial score (nSPS) is 10.8. The van der Waals surface area contributed by atoms with E-state index in [4.69, 9.17) is 16.1 Å². The maximum absolute atomic E-state index is 5.85. The fourth-order valence-corrected chi connectivity index (χ4v) is 2.03. The number of nitrogens with one attached hydrogen (secondary N) is 1. The standard InChI is InChI=1S/C14H13ClN4O/c15-11-3-1-10(2-4-11)7-14-18-13(19-20-14)6-5-12-8-16-9-17-12/h1-4,8-9H,5-7H2,(H,16,17). The molecule has 0 saturated heterocycles. The summed E-state index contributed by atoms with van der Waals surface area (Å²) in [4.78, 5) is 11.4. The Labute approximate surface area is 121 Å². The van der Waals surface area contributed by atoms with Gasteiger partial charge >= 0.3 is 0 Å². The molecule has 1 aromatic carbocycles. The van der Waals surface area contributed by atoms with Crippen LogP contribution in [0.2, 0.25) is 5.02 Å². The van der Waals surface area contributed by atoms with E-state index in [1.165, 1.54) is 0 Å². The van der Waals surface area contributed by atoms with E-state index in [0.29, 0.717) is 18.1 Å². The van der Waals surface area contributed by atoms with Gasteiger partial charge < -0.3 is 9.51 Å². The second kappa shape index (κ2) is 5.88. The minimum absolute atomic E-state index is 0.618. The third kappa shape index (κ3) is 3.24. The summed E-state index contributed by atoms with van der Waals surface area (Å²) in [6.45, 7) is 0. The minimum atomic E-state index is 0.618. The van der Waals surface area contributed by atoms with E-state index < -0.39 is 0 Å². The van der Waals surface area contributed by atoms with E-state index in [9.17, 15) is 0 Å². The van der Waals surface area contributed by atoms with Gasteiger partial charge in [-0.25, -0.2) is 4.98 Å². The molecule has 5 nitrogen and oxygen atoms in total. The molecule has 0 bridgehead atoms. The summed E-state index contributed by atoms with van der Waals surface area (Å²) in [7, 11) is 0. The molecule has 0 saturated carbocycles. The van der Waals surface area contributed by atoms with E-state index in [0.717, 1.165) is 29.1 Å². The topological polar surface area (TPSA) is 67.6 Å². The number of aromatic nitrogens is 4. The average Bonchev–Trinajstić information content (AvgIpc) is 3.10. The largest absolute Gasteiger partial charge is 0.348 e. The van der Waals surface area contributed by atoms with Crippen molar-refractivity contribution >= 4 is 11.6 Å². The number of rotatable bonds is 5. The quantitative estimate of drug-likeness (QED) is 0.784. The van der Waals surface area contributed by atoms with E-state index >= 15 is 0 Å². The number of H-pyrrole nitrogens is 1. The van der Waals surface area contributed by atoms with Gasteiger partial charge in [0.15, 0.2) is 5.82 Å². The summed E-state index contributed by atoms with van der Waals surface area (Å²) in [5.74, 6) is 1.33. The molecule has 3 rings (SSSR count). The molecule has 3 aromatic rings. The third-order valence-corrected chi connectivity index (χ3v) is 3.20. The number of imidazole rings is 1. The Morgan fingerprint density at radius 3 is 2.75 bits per heavy atom. The van der Waals surface area contributed by atoms with Gasteiger partial charge in [0, 0.05) is 23.3 Å². The van der Waals surface area contributed by atoms with Crippen molar-refractivity contribution in [1.82, 2.24) is 20.1 Å². The van der Waals surface area contributed by atoms with Gasteiger partial charge in [-0.05, 0) is 24.1 Å². The van der Waals surface area contributed by atoms with Crippen molar-refractivity contribution in [2.75, 3.05) is 0 Å². The van der Waals surface area contributed by atoms with Crippen LogP contribution in [0.25, 0.3) is 0 Å². The van der Waals surface area contributed by atoms with E-state index in [1.54, 1.807) is 12.5 Å². The number of nitrogens with zero attached hydrogens (tertiary/aromatic N) is 3. The smallest absolute Gasteiger partial charge is 0.231 e. The van der Waals surface area contributed by atoms with Crippen molar-refractivity contribution in [3.63, 3.8) is 0 Å². The second-order valence-electron chi connectivity index (χ2n) is 4.48. The van der Waals surface area contributed by atoms with Crippen molar-refractivity contribution < 1.29 is 4.52 Å². The van der Waals surface area contributed by atoms with Gasteiger partial charge in [0.1, 0.15) is 0 Å². The first-order valence-electron chi connectivity index (χ1n) is 6.33. The van der Waals surface area contributed by atoms with Crippen molar-refractivity contribution in [2.24, 2.45) is 0 Å². The molecule has 0 fully saturated rings. The number of halogens is 1. The molecule has 6 heteroatoms. The van der Waals surface area contributed by atoms with Crippen LogP contribution in [0.15, 0.2) is 41.3 Å². The molecule has 0 unspecified atom stereocenters. The molecule has 20 heavy (non-hydrogen) atoms. The van der Waals surface area contributed by atoms with Gasteiger partial charge in [0.2, 0.25) is 5.89 Å². The predicted octanol–water partition coefficient (Wildman–Crippen LogP) is 2.82. The highest BCUT2D eigenvalue weighted by Crippen LogP contribution is 2.13. The molecular weight excluding hydrogens is 276 g/mol. The molecule has 1 N–H and O–H groups in total. The molecular formula is C14H13ClN4O. The van der Waals surface area contributed by atoms with Crippen LogP contribution in [-0.2, 0) is 19.3 Å². The first kappa shape index (κ1) is 12.9. The molecule has 0 radical (unpaired) electrons. The molecule has 0 aliphatic carbocycles. The van der Waals surface area contributed by atoms with Crippen molar-refractivity contribution in [3.8, 4) is 0 Å². The summed E-state index contributed by atoms with van der Waals surface area (Å²) in [6.07, 6.45) is 5.63. The van der Waals surface area contributed by atoms with E-state index in [1.807, 2.05) is 24.3 Å².